The molecule has 3 heterocycles. The van der Waals surface area contributed by atoms with Gasteiger partial charge in [0.05, 0.1) is 6.54 Å². The van der Waals surface area contributed by atoms with Gasteiger partial charge in [-0.25, -0.2) is 0 Å². The number of hydrogen-bond donors (Lipinski definition) is 0. The Labute approximate surface area is 146 Å². The first-order valence-corrected chi connectivity index (χ1v) is 7.81. The van der Waals surface area contributed by atoms with Gasteiger partial charge in [-0.15, -0.1) is 15.3 Å². The number of alkyl halides is 3. The van der Waals surface area contributed by atoms with E-state index in [1.54, 1.807) is 24.1 Å². The number of fused-ring (bicyclic) bond motifs is 2. The average molecular weight is 365 g/mol. The van der Waals surface area contributed by atoms with Crippen LogP contribution >= 0.6 is 0 Å². The van der Waals surface area contributed by atoms with E-state index in [1.807, 2.05) is 18.2 Å². The molecule has 1 aliphatic heterocycles. The quantitative estimate of drug-likeness (QED) is 0.710. The molecule has 7 nitrogen and oxygen atoms in total. The van der Waals surface area contributed by atoms with Gasteiger partial charge in [0.25, 0.3) is 5.82 Å². The van der Waals surface area contributed by atoms with E-state index in [0.29, 0.717) is 35.0 Å². The molecule has 26 heavy (non-hydrogen) atoms. The molecular formula is C16H14F3N5O2. The summed E-state index contributed by atoms with van der Waals surface area (Å²) < 4.78 is 51.2. The van der Waals surface area contributed by atoms with Crippen LogP contribution < -0.4 is 14.4 Å². The molecule has 0 N–H and O–H groups in total. The number of ether oxygens (including phenoxy) is 2. The summed E-state index contributed by atoms with van der Waals surface area (Å²) in [6.45, 7) is 0.723. The standard InChI is InChI=1S/C16H14F3N5O2/c1-23(8-10-9-25-11-4-2-3-5-12(11)26-10)14-7-6-13-20-21-15(16(17,18)19)24(13)22-14/h2-7,10H,8-9H2,1H3. The number of hydrogen-bond acceptors (Lipinski definition) is 6. The van der Waals surface area contributed by atoms with Gasteiger partial charge >= 0.3 is 6.18 Å². The van der Waals surface area contributed by atoms with Gasteiger partial charge in [-0.2, -0.15) is 17.7 Å². The largest absolute Gasteiger partial charge is 0.486 e. The first kappa shape index (κ1) is 16.4. The van der Waals surface area contributed by atoms with Crippen LogP contribution in [0.1, 0.15) is 5.82 Å². The van der Waals surface area contributed by atoms with Crippen molar-refractivity contribution in [3.8, 4) is 11.5 Å². The molecule has 2 aromatic heterocycles. The fourth-order valence-electron chi connectivity index (χ4n) is 2.71. The maximum Gasteiger partial charge on any atom is 0.453 e. The molecular weight excluding hydrogens is 351 g/mol. The lowest BCUT2D eigenvalue weighted by atomic mass is 10.2. The van der Waals surface area contributed by atoms with Crippen molar-refractivity contribution in [3.63, 3.8) is 0 Å². The Morgan fingerprint density at radius 1 is 1.15 bits per heavy atom. The Hall–Kier alpha value is -3.04. The van der Waals surface area contributed by atoms with Crippen molar-refractivity contribution < 1.29 is 22.6 Å². The molecule has 0 spiro atoms. The predicted molar refractivity (Wildman–Crippen MR) is 85.4 cm³/mol. The summed E-state index contributed by atoms with van der Waals surface area (Å²) in [5, 5.41) is 10.7. The van der Waals surface area contributed by atoms with E-state index in [0.717, 1.165) is 0 Å². The van der Waals surface area contributed by atoms with Crippen LogP contribution in [0.2, 0.25) is 0 Å². The lowest BCUT2D eigenvalue weighted by Gasteiger charge is -2.30. The second-order valence-electron chi connectivity index (χ2n) is 5.86. The van der Waals surface area contributed by atoms with Crippen molar-refractivity contribution in [1.82, 2.24) is 19.8 Å². The third kappa shape index (κ3) is 2.98. The molecule has 0 aliphatic carbocycles. The van der Waals surface area contributed by atoms with Crippen molar-refractivity contribution >= 4 is 11.5 Å². The molecule has 1 unspecified atom stereocenters. The number of likely N-dealkylation sites (N-methyl/N-ethyl adjacent to an activating group) is 1. The lowest BCUT2D eigenvalue weighted by Crippen LogP contribution is -2.39. The second kappa shape index (κ2) is 6.04. The minimum absolute atomic E-state index is 0.0284. The van der Waals surface area contributed by atoms with Crippen LogP contribution in [0.3, 0.4) is 0 Å². The van der Waals surface area contributed by atoms with Gasteiger partial charge in [0, 0.05) is 7.05 Å². The summed E-state index contributed by atoms with van der Waals surface area (Å²) in [7, 11) is 1.72. The Morgan fingerprint density at radius 3 is 2.69 bits per heavy atom. The maximum absolute atomic E-state index is 13.0. The van der Waals surface area contributed by atoms with Crippen LogP contribution in [0.5, 0.6) is 11.5 Å². The van der Waals surface area contributed by atoms with Crippen LogP contribution in [0.15, 0.2) is 36.4 Å². The molecule has 0 radical (unpaired) electrons. The number of anilines is 1. The van der Waals surface area contributed by atoms with Gasteiger partial charge < -0.3 is 14.4 Å². The van der Waals surface area contributed by atoms with E-state index >= 15 is 0 Å². The highest BCUT2D eigenvalue weighted by Crippen LogP contribution is 2.31. The van der Waals surface area contributed by atoms with Crippen LogP contribution in [-0.2, 0) is 6.18 Å². The Balaban J connectivity index is 1.54. The molecule has 10 heteroatoms. The highest BCUT2D eigenvalue weighted by molar-refractivity contribution is 5.46. The summed E-state index contributed by atoms with van der Waals surface area (Å²) in [5.74, 6) is 0.489. The number of halogens is 3. The number of para-hydroxylation sites is 2. The molecule has 136 valence electrons. The normalized spacial score (nSPS) is 16.7. The van der Waals surface area contributed by atoms with Crippen molar-refractivity contribution in [2.45, 2.75) is 12.3 Å². The van der Waals surface area contributed by atoms with Crippen LogP contribution in [-0.4, -0.2) is 46.1 Å². The van der Waals surface area contributed by atoms with Crippen molar-refractivity contribution in [1.29, 1.82) is 0 Å². The highest BCUT2D eigenvalue weighted by Gasteiger charge is 2.37. The van der Waals surface area contributed by atoms with Crippen LogP contribution in [0.4, 0.5) is 19.0 Å². The molecule has 1 atom stereocenters. The fraction of sp³-hybridized carbons (Fsp3) is 0.312. The van der Waals surface area contributed by atoms with E-state index in [2.05, 4.69) is 15.3 Å². The number of nitrogens with zero attached hydrogens (tertiary/aromatic N) is 5. The van der Waals surface area contributed by atoms with Gasteiger partial charge in [0.2, 0.25) is 0 Å². The maximum atomic E-state index is 13.0. The summed E-state index contributed by atoms with van der Waals surface area (Å²) >= 11 is 0. The molecule has 0 bridgehead atoms. The van der Waals surface area contributed by atoms with E-state index in [-0.39, 0.29) is 11.8 Å². The van der Waals surface area contributed by atoms with E-state index in [9.17, 15) is 13.2 Å². The molecule has 0 saturated carbocycles. The van der Waals surface area contributed by atoms with Gasteiger partial charge in [-0.05, 0) is 24.3 Å². The molecule has 0 amide bonds. The van der Waals surface area contributed by atoms with E-state index in [4.69, 9.17) is 9.47 Å². The zero-order valence-corrected chi connectivity index (χ0v) is 13.6. The first-order chi connectivity index (χ1) is 12.4. The smallest absolute Gasteiger partial charge is 0.453 e. The third-order valence-corrected chi connectivity index (χ3v) is 3.94. The number of rotatable bonds is 3. The van der Waals surface area contributed by atoms with Crippen LogP contribution in [0.25, 0.3) is 5.65 Å². The monoisotopic (exact) mass is 365 g/mol. The van der Waals surface area contributed by atoms with Gasteiger partial charge in [0.15, 0.2) is 23.3 Å². The first-order valence-electron chi connectivity index (χ1n) is 7.81. The highest BCUT2D eigenvalue weighted by atomic mass is 19.4. The van der Waals surface area contributed by atoms with Crippen molar-refractivity contribution in [2.24, 2.45) is 0 Å². The Bertz CT molecular complexity index is 943. The van der Waals surface area contributed by atoms with Crippen molar-refractivity contribution in [3.05, 3.63) is 42.2 Å². The van der Waals surface area contributed by atoms with E-state index in [1.165, 1.54) is 6.07 Å². The summed E-state index contributed by atoms with van der Waals surface area (Å²) in [5.41, 5.74) is 0.0284. The molecule has 1 aromatic carbocycles. The summed E-state index contributed by atoms with van der Waals surface area (Å²) in [4.78, 5) is 1.70. The molecule has 4 rings (SSSR count). The average Bonchev–Trinajstić information content (AvgIpc) is 3.05. The van der Waals surface area contributed by atoms with Crippen molar-refractivity contribution in [2.75, 3.05) is 25.1 Å². The van der Waals surface area contributed by atoms with E-state index < -0.39 is 12.0 Å². The van der Waals surface area contributed by atoms with Gasteiger partial charge in [-0.1, -0.05) is 12.1 Å². The second-order valence-corrected chi connectivity index (χ2v) is 5.86. The zero-order valence-electron chi connectivity index (χ0n) is 13.6. The number of benzene rings is 1. The minimum Gasteiger partial charge on any atom is -0.486 e. The molecule has 0 saturated heterocycles. The van der Waals surface area contributed by atoms with Crippen LogP contribution in [0, 0.1) is 0 Å². The SMILES string of the molecule is CN(CC1COc2ccccc2O1)c1ccc2nnc(C(F)(F)F)n2n1. The third-order valence-electron chi connectivity index (χ3n) is 3.94. The minimum atomic E-state index is -4.63. The number of aromatic nitrogens is 4. The molecule has 3 aromatic rings. The van der Waals surface area contributed by atoms with Gasteiger partial charge in [0.1, 0.15) is 12.4 Å². The summed E-state index contributed by atoms with van der Waals surface area (Å²) in [6, 6.07) is 10.3. The Kier molecular flexibility index (Phi) is 3.82. The predicted octanol–water partition coefficient (Wildman–Crippen LogP) is 2.42. The lowest BCUT2D eigenvalue weighted by molar-refractivity contribution is -0.146. The van der Waals surface area contributed by atoms with Gasteiger partial charge in [-0.3, -0.25) is 0 Å². The zero-order chi connectivity index (χ0) is 18.3. The fourth-order valence-corrected chi connectivity index (χ4v) is 2.71. The summed E-state index contributed by atoms with van der Waals surface area (Å²) in [6.07, 6.45) is -4.91. The topological polar surface area (TPSA) is 64.8 Å². The Morgan fingerprint density at radius 2 is 1.92 bits per heavy atom. The molecule has 0 fully saturated rings. The molecule has 1 aliphatic rings.